The Labute approximate surface area is 163 Å². The number of nitrogens with one attached hydrogen (secondary N) is 1. The van der Waals surface area contributed by atoms with Gasteiger partial charge in [-0.15, -0.1) is 0 Å². The third-order valence-electron chi connectivity index (χ3n) is 4.82. The number of pyridine rings is 1. The van der Waals surface area contributed by atoms with E-state index in [1.54, 1.807) is 17.0 Å². The molecule has 0 aliphatic rings. The Morgan fingerprint density at radius 2 is 1.68 bits per heavy atom. The first-order chi connectivity index (χ1) is 13.7. The average Bonchev–Trinajstić information content (AvgIpc) is 2.75. The minimum Gasteiger partial charge on any atom is -0.361 e. The highest BCUT2D eigenvalue weighted by molar-refractivity contribution is 5.75. The van der Waals surface area contributed by atoms with Gasteiger partial charge in [-0.05, 0) is 29.2 Å². The number of aromatic nitrogens is 3. The van der Waals surface area contributed by atoms with Crippen LogP contribution >= 0.6 is 0 Å². The first-order valence-electron chi connectivity index (χ1n) is 9.45. The number of aryl methyl sites for hydroxylation is 1. The highest BCUT2D eigenvalue weighted by Crippen LogP contribution is 2.14. The summed E-state index contributed by atoms with van der Waals surface area (Å²) in [5.74, 6) is 0.356. The molecule has 0 aliphatic heterocycles. The van der Waals surface area contributed by atoms with Crippen molar-refractivity contribution in [3.63, 3.8) is 0 Å². The van der Waals surface area contributed by atoms with E-state index in [0.717, 1.165) is 28.6 Å². The molecule has 0 saturated carbocycles. The Morgan fingerprint density at radius 3 is 2.43 bits per heavy atom. The van der Waals surface area contributed by atoms with Crippen molar-refractivity contribution >= 4 is 16.9 Å². The molecule has 0 aliphatic carbocycles. The minimum atomic E-state index is -0.144. The molecule has 0 amide bonds. The number of fused-ring (bicyclic) bond motifs is 1. The largest absolute Gasteiger partial charge is 0.361 e. The molecule has 2 heterocycles. The quantitative estimate of drug-likeness (QED) is 0.557. The molecule has 140 valence electrons. The highest BCUT2D eigenvalue weighted by atomic mass is 16.1. The summed E-state index contributed by atoms with van der Waals surface area (Å²) < 4.78 is 1.73. The fourth-order valence-electron chi connectivity index (χ4n) is 3.20. The maximum atomic E-state index is 13.1. The third-order valence-corrected chi connectivity index (χ3v) is 4.82. The highest BCUT2D eigenvalue weighted by Gasteiger charge is 2.11. The topological polar surface area (TPSA) is 59.8 Å². The molecule has 5 heteroatoms. The zero-order chi connectivity index (χ0) is 19.3. The molecule has 0 saturated heterocycles. The van der Waals surface area contributed by atoms with E-state index in [4.69, 9.17) is 0 Å². The van der Waals surface area contributed by atoms with Crippen LogP contribution in [0.15, 0.2) is 77.9 Å². The summed E-state index contributed by atoms with van der Waals surface area (Å²) in [5.41, 5.74) is 4.80. The Balaban J connectivity index is 1.68. The predicted octanol–water partition coefficient (Wildman–Crippen LogP) is 4.01. The van der Waals surface area contributed by atoms with Gasteiger partial charge in [0.2, 0.25) is 0 Å². The molecular formula is C23H22N4O. The molecule has 4 rings (SSSR count). The molecule has 0 atom stereocenters. The molecule has 5 nitrogen and oxygen atoms in total. The second kappa shape index (κ2) is 8.05. The van der Waals surface area contributed by atoms with Gasteiger partial charge in [0.05, 0.1) is 23.8 Å². The molecule has 2 aromatic heterocycles. The lowest BCUT2D eigenvalue weighted by atomic mass is 10.1. The van der Waals surface area contributed by atoms with Crippen LogP contribution in [0, 0.1) is 0 Å². The molecule has 0 fully saturated rings. The van der Waals surface area contributed by atoms with Gasteiger partial charge in [-0.25, -0.2) is 4.98 Å². The minimum absolute atomic E-state index is 0.144. The summed E-state index contributed by atoms with van der Waals surface area (Å²) >= 11 is 0. The van der Waals surface area contributed by atoms with Gasteiger partial charge in [0.1, 0.15) is 0 Å². The fourth-order valence-corrected chi connectivity index (χ4v) is 3.20. The number of nitrogens with zero attached hydrogens (tertiary/aromatic N) is 3. The van der Waals surface area contributed by atoms with Crippen molar-refractivity contribution in [1.29, 1.82) is 0 Å². The van der Waals surface area contributed by atoms with Gasteiger partial charge in [-0.3, -0.25) is 14.3 Å². The smallest absolute Gasteiger partial charge is 0.294 e. The zero-order valence-electron chi connectivity index (χ0n) is 15.8. The Kier molecular flexibility index (Phi) is 5.15. The summed E-state index contributed by atoms with van der Waals surface area (Å²) in [6.45, 7) is 3.16. The van der Waals surface area contributed by atoms with Gasteiger partial charge in [0.25, 0.3) is 5.56 Å². The van der Waals surface area contributed by atoms with Gasteiger partial charge in [0, 0.05) is 12.7 Å². The van der Waals surface area contributed by atoms with Gasteiger partial charge in [-0.2, -0.15) is 0 Å². The van der Waals surface area contributed by atoms with Crippen LogP contribution in [0.1, 0.15) is 23.6 Å². The van der Waals surface area contributed by atoms with Crippen molar-refractivity contribution in [1.82, 2.24) is 14.5 Å². The van der Waals surface area contributed by atoms with E-state index in [0.29, 0.717) is 18.9 Å². The number of hydrogen-bond donors (Lipinski definition) is 1. The van der Waals surface area contributed by atoms with Crippen LogP contribution in [0.3, 0.4) is 0 Å². The number of rotatable bonds is 6. The standard InChI is InChI=1S/C23H22N4O/c1-2-17-8-10-18(11-9-17)14-25-22-23(28)27(16-19-6-4-3-5-7-19)21-15-24-13-12-20(21)26-22/h3-13,15H,2,14,16H2,1H3,(H,25,26). The van der Waals surface area contributed by atoms with Crippen molar-refractivity contribution in [3.8, 4) is 0 Å². The van der Waals surface area contributed by atoms with Gasteiger partial charge in [0.15, 0.2) is 5.82 Å². The predicted molar refractivity (Wildman–Crippen MR) is 112 cm³/mol. The monoisotopic (exact) mass is 370 g/mol. The van der Waals surface area contributed by atoms with E-state index < -0.39 is 0 Å². The van der Waals surface area contributed by atoms with Crippen molar-refractivity contribution in [2.24, 2.45) is 0 Å². The van der Waals surface area contributed by atoms with Crippen molar-refractivity contribution in [3.05, 3.63) is 100 Å². The molecule has 0 spiro atoms. The second-order valence-electron chi connectivity index (χ2n) is 6.73. The second-order valence-corrected chi connectivity index (χ2v) is 6.73. The summed E-state index contributed by atoms with van der Waals surface area (Å²) in [5, 5.41) is 3.22. The molecule has 0 bridgehead atoms. The van der Waals surface area contributed by atoms with E-state index >= 15 is 0 Å². The lowest BCUT2D eigenvalue weighted by Crippen LogP contribution is -2.26. The number of benzene rings is 2. The Morgan fingerprint density at radius 1 is 0.929 bits per heavy atom. The summed E-state index contributed by atoms with van der Waals surface area (Å²) in [7, 11) is 0. The lowest BCUT2D eigenvalue weighted by Gasteiger charge is -2.13. The van der Waals surface area contributed by atoms with Crippen LogP contribution < -0.4 is 10.9 Å². The Hall–Kier alpha value is -3.47. The number of hydrogen-bond acceptors (Lipinski definition) is 4. The lowest BCUT2D eigenvalue weighted by molar-refractivity contribution is 0.785. The van der Waals surface area contributed by atoms with Crippen molar-refractivity contribution in [2.45, 2.75) is 26.4 Å². The first kappa shape index (κ1) is 17.9. The maximum Gasteiger partial charge on any atom is 0.294 e. The molecule has 2 aromatic carbocycles. The maximum absolute atomic E-state index is 13.1. The SMILES string of the molecule is CCc1ccc(CNc2nc3ccncc3n(Cc3ccccc3)c2=O)cc1. The van der Waals surface area contributed by atoms with Crippen LogP contribution in [0.2, 0.25) is 0 Å². The summed E-state index contributed by atoms with van der Waals surface area (Å²) in [4.78, 5) is 21.8. The fraction of sp³-hybridized carbons (Fsp3) is 0.174. The van der Waals surface area contributed by atoms with Crippen LogP contribution in [-0.2, 0) is 19.5 Å². The van der Waals surface area contributed by atoms with Crippen LogP contribution in [-0.4, -0.2) is 14.5 Å². The molecule has 0 unspecified atom stereocenters. The van der Waals surface area contributed by atoms with Crippen molar-refractivity contribution < 1.29 is 0 Å². The van der Waals surface area contributed by atoms with Crippen molar-refractivity contribution in [2.75, 3.05) is 5.32 Å². The molecular weight excluding hydrogens is 348 g/mol. The molecule has 0 radical (unpaired) electrons. The van der Waals surface area contributed by atoms with Gasteiger partial charge in [-0.1, -0.05) is 61.5 Å². The number of anilines is 1. The van der Waals surface area contributed by atoms with E-state index in [9.17, 15) is 4.79 Å². The summed E-state index contributed by atoms with van der Waals surface area (Å²) in [6, 6.07) is 20.2. The van der Waals surface area contributed by atoms with Gasteiger partial charge >= 0.3 is 0 Å². The van der Waals surface area contributed by atoms with Crippen LogP contribution in [0.25, 0.3) is 11.0 Å². The van der Waals surface area contributed by atoms with Gasteiger partial charge < -0.3 is 5.32 Å². The van der Waals surface area contributed by atoms with Crippen LogP contribution in [0.4, 0.5) is 5.82 Å². The normalized spacial score (nSPS) is 10.9. The zero-order valence-corrected chi connectivity index (χ0v) is 15.8. The van der Waals surface area contributed by atoms with E-state index in [-0.39, 0.29) is 5.56 Å². The third kappa shape index (κ3) is 3.78. The van der Waals surface area contributed by atoms with E-state index in [1.807, 2.05) is 36.4 Å². The Bertz CT molecular complexity index is 1130. The van der Waals surface area contributed by atoms with Crippen LogP contribution in [0.5, 0.6) is 0 Å². The van der Waals surface area contributed by atoms with E-state index in [1.165, 1.54) is 5.56 Å². The first-order valence-corrected chi connectivity index (χ1v) is 9.45. The van der Waals surface area contributed by atoms with E-state index in [2.05, 4.69) is 46.5 Å². The molecule has 1 N–H and O–H groups in total. The molecule has 4 aromatic rings. The summed E-state index contributed by atoms with van der Waals surface area (Å²) in [6.07, 6.45) is 4.40. The molecule has 28 heavy (non-hydrogen) atoms. The average molecular weight is 370 g/mol.